The third kappa shape index (κ3) is 13.3. The normalized spacial score (nSPS) is 19.6. The fourth-order valence-corrected chi connectivity index (χ4v) is 12.6. The van der Waals surface area contributed by atoms with Crippen LogP contribution in [0.5, 0.6) is 80.5 Å². The van der Waals surface area contributed by atoms with Crippen molar-refractivity contribution in [2.45, 2.75) is 174 Å². The number of benzene rings is 6. The van der Waals surface area contributed by atoms with E-state index in [9.17, 15) is 15.3 Å². The zero-order valence-corrected chi connectivity index (χ0v) is 52.0. The van der Waals surface area contributed by atoms with Crippen molar-refractivity contribution < 1.29 is 67.4 Å². The first-order chi connectivity index (χ1) is 40.7. The SMILES string of the molecule is CCCOc1ccc(C2COc3c(cc(C)c4c3CCC(C)(C)O4)C2)c(O)c1.CCCOc1ccc(C2COc3c(cc(OC)c4c3CCC(C)(C)O4)C2)c(O)c1.CCOc1ccc(C2COc3c(cc(OC)c4c3CCC(C)(C)O4)C2)c(O)c1. The highest BCUT2D eigenvalue weighted by Gasteiger charge is 2.39. The molecular formula is C71H88O14. The third-order valence-electron chi connectivity index (χ3n) is 17.1. The van der Waals surface area contributed by atoms with Crippen LogP contribution in [0.1, 0.15) is 168 Å². The molecule has 0 saturated carbocycles. The summed E-state index contributed by atoms with van der Waals surface area (Å²) < 4.78 is 65.4. The molecule has 6 aromatic carbocycles. The second-order valence-electron chi connectivity index (χ2n) is 25.3. The minimum Gasteiger partial charge on any atom is -0.508 e. The molecule has 14 heteroatoms. The molecule has 3 atom stereocenters. The summed E-state index contributed by atoms with van der Waals surface area (Å²) in [5, 5.41) is 31.6. The molecule has 0 fully saturated rings. The molecule has 0 amide bonds. The Morgan fingerprint density at radius 2 is 0.788 bits per heavy atom. The fourth-order valence-electron chi connectivity index (χ4n) is 12.6. The van der Waals surface area contributed by atoms with Gasteiger partial charge in [-0.25, -0.2) is 0 Å². The lowest BCUT2D eigenvalue weighted by molar-refractivity contribution is 0.0780. The van der Waals surface area contributed by atoms with Crippen LogP contribution in [0.3, 0.4) is 0 Å². The van der Waals surface area contributed by atoms with Gasteiger partial charge in [-0.15, -0.1) is 0 Å². The van der Waals surface area contributed by atoms with Crippen molar-refractivity contribution in [1.82, 2.24) is 0 Å². The van der Waals surface area contributed by atoms with E-state index in [1.54, 1.807) is 32.4 Å². The van der Waals surface area contributed by atoms with Crippen molar-refractivity contribution in [2.24, 2.45) is 0 Å². The van der Waals surface area contributed by atoms with E-state index in [0.717, 1.165) is 156 Å². The Balaban J connectivity index is 0.000000142. The summed E-state index contributed by atoms with van der Waals surface area (Å²) in [6, 6.07) is 22.9. The average Bonchev–Trinajstić information content (AvgIpc) is 2.15. The van der Waals surface area contributed by atoms with Crippen LogP contribution in [-0.4, -0.2) is 86.0 Å². The number of aryl methyl sites for hydroxylation is 1. The van der Waals surface area contributed by atoms with Gasteiger partial charge in [0.05, 0.1) is 53.9 Å². The number of rotatable bonds is 13. The number of phenols is 3. The Morgan fingerprint density at radius 1 is 0.447 bits per heavy atom. The van der Waals surface area contributed by atoms with Gasteiger partial charge in [0, 0.05) is 69.3 Å². The Morgan fingerprint density at radius 3 is 1.13 bits per heavy atom. The molecule has 6 heterocycles. The van der Waals surface area contributed by atoms with Crippen LogP contribution in [-0.2, 0) is 38.5 Å². The summed E-state index contributed by atoms with van der Waals surface area (Å²) in [4.78, 5) is 0. The topological polar surface area (TPSA) is 162 Å². The molecule has 6 aliphatic rings. The van der Waals surface area contributed by atoms with Gasteiger partial charge >= 0.3 is 0 Å². The minimum atomic E-state index is -0.209. The molecule has 0 radical (unpaired) electrons. The highest BCUT2D eigenvalue weighted by molar-refractivity contribution is 5.63. The maximum absolute atomic E-state index is 10.6. The Bertz CT molecular complexity index is 3380. The molecule has 456 valence electrons. The number of ether oxygens (including phenoxy) is 11. The van der Waals surface area contributed by atoms with Crippen LogP contribution in [0.4, 0.5) is 0 Å². The monoisotopic (exact) mass is 1160 g/mol. The standard InChI is InChI=1S/C24H30O5.C24H30O4.C23H28O5/c1-5-10-27-17-6-7-18(20(25)13-17)16-11-15-12-21(26-4)23-19(22(15)28-14-16)8-9-24(2,3)29-23;1-5-10-26-18-6-7-19(21(25)13-18)17-12-16-11-15(2)22-20(23(16)27-14-17)8-9-24(3,4)28-22;1-5-26-16-6-7-17(19(24)12-16)15-10-14-11-20(25-4)22-18(21(14)27-13-15)8-9-23(2,3)28-22/h6-7,12-13,16,25H,5,8-11,14H2,1-4H3;6-7,11,13,17,25H,5,8-10,12,14H2,1-4H3;6-7,11-12,15,24H,5,8-10,13H2,1-4H3. The number of phenolic OH excluding ortho intramolecular Hbond substituents is 3. The van der Waals surface area contributed by atoms with Crippen molar-refractivity contribution in [3.05, 3.63) is 128 Å². The Hall–Kier alpha value is -7.48. The molecule has 3 N–H and O–H groups in total. The lowest BCUT2D eigenvalue weighted by Crippen LogP contribution is -2.34. The molecule has 0 aromatic heterocycles. The van der Waals surface area contributed by atoms with Crippen LogP contribution < -0.4 is 52.1 Å². The molecule has 3 unspecified atom stereocenters. The quantitative estimate of drug-likeness (QED) is 0.100. The Labute approximate surface area is 502 Å². The molecular weight excluding hydrogens is 1080 g/mol. The van der Waals surface area contributed by atoms with Gasteiger partial charge in [0.1, 0.15) is 74.3 Å². The molecule has 0 bridgehead atoms. The van der Waals surface area contributed by atoms with E-state index in [-0.39, 0.29) is 51.8 Å². The predicted molar refractivity (Wildman–Crippen MR) is 329 cm³/mol. The zero-order valence-electron chi connectivity index (χ0n) is 52.0. The van der Waals surface area contributed by atoms with E-state index in [0.29, 0.717) is 56.9 Å². The summed E-state index contributed by atoms with van der Waals surface area (Å²) >= 11 is 0. The van der Waals surface area contributed by atoms with Crippen LogP contribution in [0.2, 0.25) is 0 Å². The van der Waals surface area contributed by atoms with Crippen molar-refractivity contribution in [1.29, 1.82) is 0 Å². The lowest BCUT2D eigenvalue weighted by atomic mass is 9.85. The summed E-state index contributed by atoms with van der Waals surface area (Å²) in [7, 11) is 3.35. The first-order valence-electron chi connectivity index (χ1n) is 30.6. The largest absolute Gasteiger partial charge is 0.508 e. The zero-order chi connectivity index (χ0) is 60.4. The van der Waals surface area contributed by atoms with Crippen molar-refractivity contribution in [3.8, 4) is 80.5 Å². The van der Waals surface area contributed by atoms with Gasteiger partial charge in [-0.05, 0) is 185 Å². The molecule has 85 heavy (non-hydrogen) atoms. The van der Waals surface area contributed by atoms with Gasteiger partial charge < -0.3 is 67.4 Å². The smallest absolute Gasteiger partial charge is 0.168 e. The highest BCUT2D eigenvalue weighted by Crippen LogP contribution is 2.52. The summed E-state index contributed by atoms with van der Waals surface area (Å²) in [6.07, 6.45) is 9.95. The van der Waals surface area contributed by atoms with E-state index < -0.39 is 0 Å². The summed E-state index contributed by atoms with van der Waals surface area (Å²) in [5.74, 6) is 10.1. The van der Waals surface area contributed by atoms with Crippen LogP contribution in [0, 0.1) is 6.92 Å². The minimum absolute atomic E-state index is 0.0754. The number of hydrogen-bond acceptors (Lipinski definition) is 14. The third-order valence-corrected chi connectivity index (χ3v) is 17.1. The van der Waals surface area contributed by atoms with E-state index in [1.165, 1.54) is 16.7 Å². The molecule has 0 spiro atoms. The lowest BCUT2D eigenvalue weighted by Gasteiger charge is -2.37. The molecule has 0 saturated heterocycles. The molecule has 0 aliphatic carbocycles. The van der Waals surface area contributed by atoms with Gasteiger partial charge in [-0.2, -0.15) is 0 Å². The number of aromatic hydroxyl groups is 3. The maximum Gasteiger partial charge on any atom is 0.168 e. The second-order valence-corrected chi connectivity index (χ2v) is 25.3. The number of methoxy groups -OCH3 is 2. The highest BCUT2D eigenvalue weighted by atomic mass is 16.5. The van der Waals surface area contributed by atoms with Crippen molar-refractivity contribution in [3.63, 3.8) is 0 Å². The Kier molecular flexibility index (Phi) is 18.0. The van der Waals surface area contributed by atoms with Gasteiger partial charge in [0.15, 0.2) is 23.0 Å². The van der Waals surface area contributed by atoms with Gasteiger partial charge in [-0.1, -0.05) is 32.0 Å². The van der Waals surface area contributed by atoms with Crippen LogP contribution in [0.25, 0.3) is 0 Å². The predicted octanol–water partition coefficient (Wildman–Crippen LogP) is 14.9. The van der Waals surface area contributed by atoms with E-state index in [4.69, 9.17) is 52.1 Å². The summed E-state index contributed by atoms with van der Waals surface area (Å²) in [5.41, 5.74) is 10.1. The maximum atomic E-state index is 10.6. The summed E-state index contributed by atoms with van der Waals surface area (Å²) in [6.45, 7) is 24.3. The van der Waals surface area contributed by atoms with Gasteiger partial charge in [0.25, 0.3) is 0 Å². The number of fused-ring (bicyclic) bond motifs is 9. The molecule has 12 rings (SSSR count). The van der Waals surface area contributed by atoms with Crippen LogP contribution >= 0.6 is 0 Å². The van der Waals surface area contributed by atoms with E-state index >= 15 is 0 Å². The average molecular weight is 1170 g/mol. The van der Waals surface area contributed by atoms with Crippen LogP contribution in [0.15, 0.2) is 72.8 Å². The first kappa shape index (κ1) is 60.6. The van der Waals surface area contributed by atoms with Gasteiger partial charge in [-0.3, -0.25) is 0 Å². The van der Waals surface area contributed by atoms with Crippen molar-refractivity contribution in [2.75, 3.05) is 53.9 Å². The number of hydrogen-bond donors (Lipinski definition) is 3. The first-order valence-corrected chi connectivity index (χ1v) is 30.6. The van der Waals surface area contributed by atoms with Gasteiger partial charge in [0.2, 0.25) is 0 Å². The molecule has 6 aromatic rings. The van der Waals surface area contributed by atoms with E-state index in [1.807, 2.05) is 55.5 Å². The van der Waals surface area contributed by atoms with Crippen molar-refractivity contribution >= 4 is 0 Å². The second kappa shape index (κ2) is 25.2. The van der Waals surface area contributed by atoms with E-state index in [2.05, 4.69) is 68.4 Å². The molecule has 14 nitrogen and oxygen atoms in total. The molecule has 6 aliphatic heterocycles. The fraction of sp³-hybridized carbons (Fsp3) is 0.493.